The van der Waals surface area contributed by atoms with Gasteiger partial charge in [0.25, 0.3) is 0 Å². The summed E-state index contributed by atoms with van der Waals surface area (Å²) in [7, 11) is 1.70. The van der Waals surface area contributed by atoms with E-state index in [0.717, 1.165) is 24.9 Å². The number of methoxy groups -OCH3 is 1. The number of nitrogens with one attached hydrogen (secondary N) is 1. The summed E-state index contributed by atoms with van der Waals surface area (Å²) in [6, 6.07) is 8.26. The first-order chi connectivity index (χ1) is 12.9. The van der Waals surface area contributed by atoms with Crippen molar-refractivity contribution in [2.45, 2.75) is 39.3 Å². The van der Waals surface area contributed by atoms with Crippen LogP contribution in [0.3, 0.4) is 0 Å². The molecule has 27 heavy (non-hydrogen) atoms. The first kappa shape index (κ1) is 24.8. The molecular weight excluding hydrogens is 346 g/mol. The molecule has 0 radical (unpaired) electrons. The average Bonchev–Trinajstić information content (AvgIpc) is 2.64. The van der Waals surface area contributed by atoms with Crippen molar-refractivity contribution >= 4 is 5.97 Å². The summed E-state index contributed by atoms with van der Waals surface area (Å²) < 4.78 is 10.6. The average molecular weight is 379 g/mol. The summed E-state index contributed by atoms with van der Waals surface area (Å²) in [6.45, 7) is 7.49. The van der Waals surface area contributed by atoms with Gasteiger partial charge in [0, 0.05) is 25.8 Å². The van der Waals surface area contributed by atoms with Gasteiger partial charge in [-0.25, -0.2) is 4.79 Å². The standard InChI is InChI=1S/C15H25NO3.C6H8O2/c1-12(2)16-10-14(17)11-19-15-6-4-13(5-7-15)8-9-18-3;1-2-3-4-5-6(7)8/h4-7,12,14,16-17H,8-11H2,1-3H3;2-5H,1H3,(H,7,8). The molecule has 152 valence electrons. The predicted molar refractivity (Wildman–Crippen MR) is 108 cm³/mol. The molecule has 0 amide bonds. The third-order valence-corrected chi connectivity index (χ3v) is 3.26. The predicted octanol–water partition coefficient (Wildman–Crippen LogP) is 2.82. The number of aliphatic hydroxyl groups is 1. The van der Waals surface area contributed by atoms with Crippen molar-refractivity contribution in [3.63, 3.8) is 0 Å². The van der Waals surface area contributed by atoms with Gasteiger partial charge in [0.1, 0.15) is 18.5 Å². The number of carboxylic acid groups (broad SMARTS) is 1. The lowest BCUT2D eigenvalue weighted by Gasteiger charge is -2.15. The third-order valence-electron chi connectivity index (χ3n) is 3.26. The van der Waals surface area contributed by atoms with Crippen LogP contribution < -0.4 is 10.1 Å². The number of benzene rings is 1. The molecule has 1 rings (SSSR count). The molecule has 6 nitrogen and oxygen atoms in total. The van der Waals surface area contributed by atoms with Gasteiger partial charge in [-0.05, 0) is 31.0 Å². The highest BCUT2D eigenvalue weighted by atomic mass is 16.5. The smallest absolute Gasteiger partial charge is 0.328 e. The molecule has 0 saturated carbocycles. The van der Waals surface area contributed by atoms with E-state index in [0.29, 0.717) is 19.2 Å². The van der Waals surface area contributed by atoms with Gasteiger partial charge in [-0.3, -0.25) is 0 Å². The summed E-state index contributed by atoms with van der Waals surface area (Å²) in [5.74, 6) is -0.132. The lowest BCUT2D eigenvalue weighted by Crippen LogP contribution is -2.35. The molecule has 3 N–H and O–H groups in total. The molecule has 6 heteroatoms. The second-order valence-electron chi connectivity index (χ2n) is 6.14. The van der Waals surface area contributed by atoms with E-state index in [2.05, 4.69) is 5.32 Å². The van der Waals surface area contributed by atoms with E-state index < -0.39 is 12.1 Å². The quantitative estimate of drug-likeness (QED) is 0.405. The van der Waals surface area contributed by atoms with E-state index >= 15 is 0 Å². The molecule has 1 unspecified atom stereocenters. The van der Waals surface area contributed by atoms with Crippen molar-refractivity contribution in [2.24, 2.45) is 0 Å². The fraction of sp³-hybridized carbons (Fsp3) is 0.476. The van der Waals surface area contributed by atoms with Crippen LogP contribution in [0, 0.1) is 0 Å². The molecule has 0 aliphatic rings. The normalized spacial score (nSPS) is 12.2. The van der Waals surface area contributed by atoms with E-state index in [1.165, 1.54) is 11.6 Å². The van der Waals surface area contributed by atoms with Crippen molar-refractivity contribution in [1.82, 2.24) is 5.32 Å². The SMILES string of the molecule is CC=CC=CC(=O)O.COCCc1ccc(OCC(O)CNC(C)C)cc1. The molecule has 0 spiro atoms. The number of carboxylic acids is 1. The van der Waals surface area contributed by atoms with Crippen molar-refractivity contribution in [2.75, 3.05) is 26.9 Å². The molecule has 0 bridgehead atoms. The van der Waals surface area contributed by atoms with Gasteiger partial charge >= 0.3 is 5.97 Å². The van der Waals surface area contributed by atoms with Crippen LogP contribution in [0.1, 0.15) is 26.3 Å². The van der Waals surface area contributed by atoms with Crippen LogP contribution in [0.5, 0.6) is 5.75 Å². The second-order valence-corrected chi connectivity index (χ2v) is 6.14. The minimum absolute atomic E-state index is 0.303. The Morgan fingerprint density at radius 3 is 2.41 bits per heavy atom. The number of carbonyl (C=O) groups is 1. The van der Waals surface area contributed by atoms with Crippen molar-refractivity contribution in [1.29, 1.82) is 0 Å². The van der Waals surface area contributed by atoms with E-state index in [1.54, 1.807) is 19.3 Å². The van der Waals surface area contributed by atoms with Gasteiger partial charge in [0.15, 0.2) is 0 Å². The highest BCUT2D eigenvalue weighted by Gasteiger charge is 2.05. The van der Waals surface area contributed by atoms with Crippen molar-refractivity contribution in [3.05, 3.63) is 54.1 Å². The Labute approximate surface area is 162 Å². The highest BCUT2D eigenvalue weighted by molar-refractivity contribution is 5.80. The molecule has 1 aromatic rings. The summed E-state index contributed by atoms with van der Waals surface area (Å²) in [5.41, 5.74) is 1.22. The minimum atomic E-state index is -0.914. The lowest BCUT2D eigenvalue weighted by molar-refractivity contribution is -0.131. The third kappa shape index (κ3) is 15.8. The number of aliphatic carboxylic acids is 1. The monoisotopic (exact) mass is 379 g/mol. The number of allylic oxidation sites excluding steroid dienone is 3. The van der Waals surface area contributed by atoms with Crippen molar-refractivity contribution < 1.29 is 24.5 Å². The van der Waals surface area contributed by atoms with Gasteiger partial charge in [-0.15, -0.1) is 0 Å². The molecule has 1 aromatic carbocycles. The molecule has 0 aromatic heterocycles. The van der Waals surface area contributed by atoms with Crippen molar-refractivity contribution in [3.8, 4) is 5.75 Å². The zero-order valence-corrected chi connectivity index (χ0v) is 16.7. The summed E-state index contributed by atoms with van der Waals surface area (Å²) in [6.07, 6.45) is 6.39. The number of rotatable bonds is 11. The largest absolute Gasteiger partial charge is 0.491 e. The molecule has 0 aliphatic heterocycles. The van der Waals surface area contributed by atoms with Gasteiger partial charge < -0.3 is 25.0 Å². The Balaban J connectivity index is 0.000000713. The van der Waals surface area contributed by atoms with Gasteiger partial charge in [0.05, 0.1) is 6.61 Å². The number of hydrogen-bond acceptors (Lipinski definition) is 5. The van der Waals surface area contributed by atoms with Crippen LogP contribution in [0.25, 0.3) is 0 Å². The van der Waals surface area contributed by atoms with Gasteiger partial charge in [-0.2, -0.15) is 0 Å². The van der Waals surface area contributed by atoms with E-state index in [9.17, 15) is 9.90 Å². The minimum Gasteiger partial charge on any atom is -0.491 e. The van der Waals surface area contributed by atoms with Gasteiger partial charge in [0.2, 0.25) is 0 Å². The van der Waals surface area contributed by atoms with Crippen LogP contribution in [-0.2, 0) is 16.0 Å². The fourth-order valence-corrected chi connectivity index (χ4v) is 1.84. The van der Waals surface area contributed by atoms with E-state index in [4.69, 9.17) is 14.6 Å². The Hall–Kier alpha value is -2.15. The Kier molecular flexibility index (Phi) is 14.8. The summed E-state index contributed by atoms with van der Waals surface area (Å²) in [4.78, 5) is 9.75. The zero-order valence-electron chi connectivity index (χ0n) is 16.7. The van der Waals surface area contributed by atoms with E-state index in [-0.39, 0.29) is 0 Å². The van der Waals surface area contributed by atoms with Crippen LogP contribution in [-0.4, -0.2) is 55.2 Å². The number of aliphatic hydroxyl groups excluding tert-OH is 1. The maximum Gasteiger partial charge on any atom is 0.328 e. The first-order valence-electron chi connectivity index (χ1n) is 9.03. The lowest BCUT2D eigenvalue weighted by atomic mass is 10.1. The summed E-state index contributed by atoms with van der Waals surface area (Å²) >= 11 is 0. The zero-order chi connectivity index (χ0) is 20.5. The Morgan fingerprint density at radius 2 is 1.89 bits per heavy atom. The Morgan fingerprint density at radius 1 is 1.22 bits per heavy atom. The molecule has 0 aliphatic carbocycles. The second kappa shape index (κ2) is 16.1. The van der Waals surface area contributed by atoms with Crippen LogP contribution in [0.15, 0.2) is 48.6 Å². The topological polar surface area (TPSA) is 88.0 Å². The molecule has 0 fully saturated rings. The first-order valence-corrected chi connectivity index (χ1v) is 9.03. The summed E-state index contributed by atoms with van der Waals surface area (Å²) in [5, 5.41) is 20.9. The van der Waals surface area contributed by atoms with Crippen LogP contribution >= 0.6 is 0 Å². The number of ether oxygens (including phenoxy) is 2. The van der Waals surface area contributed by atoms with E-state index in [1.807, 2.05) is 45.0 Å². The maximum absolute atomic E-state index is 9.75. The fourth-order valence-electron chi connectivity index (χ4n) is 1.84. The maximum atomic E-state index is 9.75. The molecular formula is C21H33NO5. The Bertz CT molecular complexity index is 552. The van der Waals surface area contributed by atoms with Gasteiger partial charge in [-0.1, -0.05) is 44.2 Å². The molecule has 0 heterocycles. The van der Waals surface area contributed by atoms with Crippen LogP contribution in [0.2, 0.25) is 0 Å². The molecule has 0 saturated heterocycles. The highest BCUT2D eigenvalue weighted by Crippen LogP contribution is 2.12. The van der Waals surface area contributed by atoms with Crippen LogP contribution in [0.4, 0.5) is 0 Å². The number of hydrogen-bond donors (Lipinski definition) is 3. The molecule has 1 atom stereocenters.